The Morgan fingerprint density at radius 2 is 1.79 bits per heavy atom. The Bertz CT molecular complexity index is 793. The van der Waals surface area contributed by atoms with Gasteiger partial charge in [-0.1, -0.05) is 12.1 Å². The molecule has 9 heteroatoms. The standard InChI is InChI=1S/C19H30N4O4S/c1-14(2)22-11-12-23(17(13-22)19(25)20-3)18(24)10-7-15-5-8-16(9-6-15)28(26,27)21-4/h5-6,8-9,14,17,21H,7,10-13H2,1-4H3,(H,20,25). The molecule has 1 aliphatic heterocycles. The number of likely N-dealkylation sites (N-methyl/N-ethyl adjacent to an activating group) is 1. The molecule has 28 heavy (non-hydrogen) atoms. The third-order valence-corrected chi connectivity index (χ3v) is 6.57. The highest BCUT2D eigenvalue weighted by atomic mass is 32.2. The lowest BCUT2D eigenvalue weighted by Crippen LogP contribution is -2.61. The monoisotopic (exact) mass is 410 g/mol. The summed E-state index contributed by atoms with van der Waals surface area (Å²) in [7, 11) is -0.521. The van der Waals surface area contributed by atoms with Crippen molar-refractivity contribution >= 4 is 21.8 Å². The van der Waals surface area contributed by atoms with Gasteiger partial charge in [0.05, 0.1) is 4.90 Å². The van der Waals surface area contributed by atoms with Crippen molar-refractivity contribution in [3.8, 4) is 0 Å². The molecule has 156 valence electrons. The first-order valence-corrected chi connectivity index (χ1v) is 11.0. The molecule has 1 aromatic carbocycles. The Labute approximate surface area is 167 Å². The average molecular weight is 411 g/mol. The molecule has 0 saturated carbocycles. The second kappa shape index (κ2) is 9.49. The number of rotatable bonds is 7. The molecule has 1 heterocycles. The van der Waals surface area contributed by atoms with Crippen LogP contribution in [-0.2, 0) is 26.0 Å². The minimum atomic E-state index is -3.47. The van der Waals surface area contributed by atoms with E-state index in [-0.39, 0.29) is 23.1 Å². The second-order valence-corrected chi connectivity index (χ2v) is 9.04. The lowest BCUT2D eigenvalue weighted by atomic mass is 10.1. The predicted molar refractivity (Wildman–Crippen MR) is 107 cm³/mol. The van der Waals surface area contributed by atoms with Gasteiger partial charge in [0.1, 0.15) is 6.04 Å². The second-order valence-electron chi connectivity index (χ2n) is 7.16. The van der Waals surface area contributed by atoms with Gasteiger partial charge >= 0.3 is 0 Å². The maximum absolute atomic E-state index is 12.8. The number of amides is 2. The number of aryl methyl sites for hydroxylation is 1. The van der Waals surface area contributed by atoms with Gasteiger partial charge in [-0.15, -0.1) is 0 Å². The number of sulfonamides is 1. The molecule has 1 saturated heterocycles. The van der Waals surface area contributed by atoms with Crippen LogP contribution in [0.4, 0.5) is 0 Å². The zero-order chi connectivity index (χ0) is 20.9. The fourth-order valence-corrected chi connectivity index (χ4v) is 4.04. The van der Waals surface area contributed by atoms with Gasteiger partial charge in [0.25, 0.3) is 0 Å². The maximum Gasteiger partial charge on any atom is 0.243 e. The maximum atomic E-state index is 12.8. The van der Waals surface area contributed by atoms with E-state index in [9.17, 15) is 18.0 Å². The third kappa shape index (κ3) is 5.30. The number of hydrogen-bond donors (Lipinski definition) is 2. The molecule has 8 nitrogen and oxygen atoms in total. The molecule has 0 aliphatic carbocycles. The quantitative estimate of drug-likeness (QED) is 0.669. The highest BCUT2D eigenvalue weighted by Gasteiger charge is 2.35. The van der Waals surface area contributed by atoms with Gasteiger partial charge in [0, 0.05) is 39.1 Å². The van der Waals surface area contributed by atoms with Crippen LogP contribution in [0.2, 0.25) is 0 Å². The summed E-state index contributed by atoms with van der Waals surface area (Å²) >= 11 is 0. The van der Waals surface area contributed by atoms with E-state index < -0.39 is 16.1 Å². The van der Waals surface area contributed by atoms with E-state index in [4.69, 9.17) is 0 Å². The molecule has 0 bridgehead atoms. The molecule has 2 amide bonds. The van der Waals surface area contributed by atoms with Crippen LogP contribution >= 0.6 is 0 Å². The highest BCUT2D eigenvalue weighted by Crippen LogP contribution is 2.16. The van der Waals surface area contributed by atoms with Crippen molar-refractivity contribution in [1.82, 2.24) is 19.8 Å². The van der Waals surface area contributed by atoms with Crippen LogP contribution in [0.15, 0.2) is 29.2 Å². The van der Waals surface area contributed by atoms with E-state index in [1.165, 1.54) is 19.2 Å². The van der Waals surface area contributed by atoms with E-state index in [0.29, 0.717) is 25.6 Å². The minimum absolute atomic E-state index is 0.0658. The van der Waals surface area contributed by atoms with Crippen molar-refractivity contribution in [3.63, 3.8) is 0 Å². The molecular weight excluding hydrogens is 380 g/mol. The van der Waals surface area contributed by atoms with Gasteiger partial charge in [-0.2, -0.15) is 0 Å². The van der Waals surface area contributed by atoms with Crippen LogP contribution in [0.25, 0.3) is 0 Å². The van der Waals surface area contributed by atoms with Crippen LogP contribution in [0, 0.1) is 0 Å². The molecule has 1 aromatic rings. The fourth-order valence-electron chi connectivity index (χ4n) is 3.31. The molecule has 0 spiro atoms. The summed E-state index contributed by atoms with van der Waals surface area (Å²) in [5.41, 5.74) is 0.876. The lowest BCUT2D eigenvalue weighted by molar-refractivity contribution is -0.144. The Balaban J connectivity index is 2.02. The van der Waals surface area contributed by atoms with Crippen molar-refractivity contribution in [2.45, 2.75) is 43.7 Å². The normalized spacial score (nSPS) is 18.3. The van der Waals surface area contributed by atoms with Crippen molar-refractivity contribution in [2.75, 3.05) is 33.7 Å². The van der Waals surface area contributed by atoms with Gasteiger partial charge in [0.15, 0.2) is 0 Å². The molecule has 1 atom stereocenters. The minimum Gasteiger partial charge on any atom is -0.357 e. The van der Waals surface area contributed by atoms with Crippen LogP contribution in [0.5, 0.6) is 0 Å². The summed E-state index contributed by atoms with van der Waals surface area (Å²) in [5, 5.41) is 2.66. The number of carbonyl (C=O) groups excluding carboxylic acids is 2. The van der Waals surface area contributed by atoms with Gasteiger partial charge in [-0.05, 0) is 45.0 Å². The molecular formula is C19H30N4O4S. The van der Waals surface area contributed by atoms with Crippen molar-refractivity contribution < 1.29 is 18.0 Å². The van der Waals surface area contributed by atoms with Gasteiger partial charge in [0.2, 0.25) is 21.8 Å². The fraction of sp³-hybridized carbons (Fsp3) is 0.579. The summed E-state index contributed by atoms with van der Waals surface area (Å²) in [6.45, 7) is 5.95. The van der Waals surface area contributed by atoms with Crippen molar-refractivity contribution in [1.29, 1.82) is 0 Å². The van der Waals surface area contributed by atoms with E-state index in [1.54, 1.807) is 24.1 Å². The number of piperazine rings is 1. The van der Waals surface area contributed by atoms with Crippen LogP contribution in [0.1, 0.15) is 25.8 Å². The number of benzene rings is 1. The number of hydrogen-bond acceptors (Lipinski definition) is 5. The molecule has 2 rings (SSSR count). The largest absolute Gasteiger partial charge is 0.357 e. The molecule has 1 aliphatic rings. The average Bonchev–Trinajstić information content (AvgIpc) is 2.71. The predicted octanol–water partition coefficient (Wildman–Crippen LogP) is 0.195. The topological polar surface area (TPSA) is 98.8 Å². The van der Waals surface area contributed by atoms with E-state index in [2.05, 4.69) is 28.8 Å². The van der Waals surface area contributed by atoms with Crippen LogP contribution in [-0.4, -0.2) is 75.8 Å². The van der Waals surface area contributed by atoms with Gasteiger partial charge in [-0.3, -0.25) is 14.5 Å². The smallest absolute Gasteiger partial charge is 0.243 e. The molecule has 1 fully saturated rings. The summed E-state index contributed by atoms with van der Waals surface area (Å²) < 4.78 is 25.8. The Morgan fingerprint density at radius 3 is 2.32 bits per heavy atom. The third-order valence-electron chi connectivity index (χ3n) is 5.14. The van der Waals surface area contributed by atoms with Crippen molar-refractivity contribution in [2.24, 2.45) is 0 Å². The number of nitrogens with one attached hydrogen (secondary N) is 2. The summed E-state index contributed by atoms with van der Waals surface area (Å²) in [6.07, 6.45) is 0.761. The van der Waals surface area contributed by atoms with Crippen LogP contribution < -0.4 is 10.0 Å². The number of carbonyl (C=O) groups is 2. The lowest BCUT2D eigenvalue weighted by Gasteiger charge is -2.42. The Hall–Kier alpha value is -1.97. The zero-order valence-corrected chi connectivity index (χ0v) is 17.8. The molecule has 0 aromatic heterocycles. The van der Waals surface area contributed by atoms with Crippen LogP contribution in [0.3, 0.4) is 0 Å². The SMILES string of the molecule is CNC(=O)C1CN(C(C)C)CCN1C(=O)CCc1ccc(S(=O)(=O)NC)cc1. The van der Waals surface area contributed by atoms with Crippen molar-refractivity contribution in [3.05, 3.63) is 29.8 Å². The first kappa shape index (κ1) is 22.3. The summed E-state index contributed by atoms with van der Waals surface area (Å²) in [5.74, 6) is -0.218. The molecule has 0 radical (unpaired) electrons. The first-order valence-electron chi connectivity index (χ1n) is 9.47. The summed E-state index contributed by atoms with van der Waals surface area (Å²) in [6, 6.07) is 6.31. The van der Waals surface area contributed by atoms with Gasteiger partial charge in [-0.25, -0.2) is 13.1 Å². The Morgan fingerprint density at radius 1 is 1.14 bits per heavy atom. The first-order chi connectivity index (χ1) is 13.2. The number of nitrogens with zero attached hydrogens (tertiary/aromatic N) is 2. The highest BCUT2D eigenvalue weighted by molar-refractivity contribution is 7.89. The molecule has 2 N–H and O–H groups in total. The van der Waals surface area contributed by atoms with E-state index in [0.717, 1.165) is 12.1 Å². The summed E-state index contributed by atoms with van der Waals surface area (Å²) in [4.78, 5) is 29.1. The van der Waals surface area contributed by atoms with E-state index >= 15 is 0 Å². The Kier molecular flexibility index (Phi) is 7.56. The van der Waals surface area contributed by atoms with E-state index in [1.807, 2.05) is 0 Å². The molecule has 1 unspecified atom stereocenters. The van der Waals surface area contributed by atoms with Gasteiger partial charge < -0.3 is 10.2 Å². The zero-order valence-electron chi connectivity index (χ0n) is 16.9.